The zero-order chi connectivity index (χ0) is 14.3. The van der Waals surface area contributed by atoms with E-state index < -0.39 is 0 Å². The van der Waals surface area contributed by atoms with Crippen LogP contribution in [0.2, 0.25) is 0 Å². The minimum absolute atomic E-state index is 0.113. The second kappa shape index (κ2) is 5.20. The fourth-order valence-electron chi connectivity index (χ4n) is 2.76. The van der Waals surface area contributed by atoms with E-state index >= 15 is 0 Å². The lowest BCUT2D eigenvalue weighted by molar-refractivity contribution is 0.0715. The molecule has 1 aromatic heterocycles. The van der Waals surface area contributed by atoms with E-state index in [1.165, 1.54) is 12.8 Å². The van der Waals surface area contributed by atoms with Crippen molar-refractivity contribution in [1.82, 2.24) is 10.3 Å². The number of aryl methyl sites for hydroxylation is 1. The smallest absolute Gasteiger partial charge is 0.289 e. The molecule has 2 heterocycles. The number of nitrogens with one attached hydrogen (secondary N) is 1. The van der Waals surface area contributed by atoms with Crippen molar-refractivity contribution in [2.75, 3.05) is 6.61 Å². The summed E-state index contributed by atoms with van der Waals surface area (Å²) in [6.45, 7) is 6.55. The summed E-state index contributed by atoms with van der Waals surface area (Å²) in [6.07, 6.45) is 3.51. The third-order valence-electron chi connectivity index (χ3n) is 4.05. The van der Waals surface area contributed by atoms with Crippen molar-refractivity contribution in [3.8, 4) is 0 Å². The van der Waals surface area contributed by atoms with Crippen LogP contribution in [0.5, 0.6) is 0 Å². The van der Waals surface area contributed by atoms with Gasteiger partial charge in [0.2, 0.25) is 5.76 Å². The number of hydrogen-bond donors (Lipinski definition) is 1. The number of aromatic nitrogens is 1. The summed E-state index contributed by atoms with van der Waals surface area (Å²) < 4.78 is 11.3. The number of oxazole rings is 1. The van der Waals surface area contributed by atoms with Crippen molar-refractivity contribution in [2.45, 2.75) is 58.1 Å². The highest BCUT2D eigenvalue weighted by molar-refractivity contribution is 5.92. The fourth-order valence-corrected chi connectivity index (χ4v) is 2.76. The maximum absolute atomic E-state index is 12.3. The van der Waals surface area contributed by atoms with Gasteiger partial charge in [-0.2, -0.15) is 0 Å². The summed E-state index contributed by atoms with van der Waals surface area (Å²) >= 11 is 0. The summed E-state index contributed by atoms with van der Waals surface area (Å²) in [7, 11) is 0. The van der Waals surface area contributed by atoms with Gasteiger partial charge in [0.05, 0.1) is 17.8 Å². The number of carbonyl (C=O) groups is 1. The van der Waals surface area contributed by atoms with Gasteiger partial charge in [-0.1, -0.05) is 13.8 Å². The van der Waals surface area contributed by atoms with Crippen molar-refractivity contribution < 1.29 is 13.9 Å². The van der Waals surface area contributed by atoms with E-state index in [0.717, 1.165) is 13.0 Å². The van der Waals surface area contributed by atoms with Crippen LogP contribution in [-0.4, -0.2) is 29.6 Å². The molecule has 1 saturated carbocycles. The average Bonchev–Trinajstić information content (AvgIpc) is 3.00. The first-order valence-electron chi connectivity index (χ1n) is 7.46. The fraction of sp³-hybridized carbons (Fsp3) is 0.733. The Kier molecular flexibility index (Phi) is 3.54. The predicted molar refractivity (Wildman–Crippen MR) is 73.7 cm³/mol. The molecule has 1 aliphatic heterocycles. The van der Waals surface area contributed by atoms with Crippen LogP contribution in [0.4, 0.5) is 0 Å². The molecule has 5 heteroatoms. The third-order valence-corrected chi connectivity index (χ3v) is 4.05. The van der Waals surface area contributed by atoms with Gasteiger partial charge >= 0.3 is 0 Å². The number of ether oxygens (including phenoxy) is 1. The Morgan fingerprint density at radius 2 is 2.10 bits per heavy atom. The number of carbonyl (C=O) groups excluding carboxylic acids is 1. The van der Waals surface area contributed by atoms with Crippen LogP contribution in [0.1, 0.15) is 61.2 Å². The monoisotopic (exact) mass is 278 g/mol. The van der Waals surface area contributed by atoms with Gasteiger partial charge in [-0.05, 0) is 32.1 Å². The van der Waals surface area contributed by atoms with Gasteiger partial charge in [0, 0.05) is 12.5 Å². The molecule has 1 amide bonds. The van der Waals surface area contributed by atoms with Crippen LogP contribution in [0.15, 0.2) is 4.42 Å². The van der Waals surface area contributed by atoms with Gasteiger partial charge in [-0.15, -0.1) is 0 Å². The van der Waals surface area contributed by atoms with E-state index in [2.05, 4.69) is 10.3 Å². The summed E-state index contributed by atoms with van der Waals surface area (Å²) in [6, 6.07) is 0.113. The molecule has 110 valence electrons. The van der Waals surface area contributed by atoms with Crippen molar-refractivity contribution in [3.63, 3.8) is 0 Å². The Labute approximate surface area is 119 Å². The van der Waals surface area contributed by atoms with E-state index in [0.29, 0.717) is 23.3 Å². The van der Waals surface area contributed by atoms with Crippen molar-refractivity contribution in [3.05, 3.63) is 17.3 Å². The van der Waals surface area contributed by atoms with Crippen LogP contribution >= 0.6 is 0 Å². The lowest BCUT2D eigenvalue weighted by Crippen LogP contribution is -2.41. The zero-order valence-electron chi connectivity index (χ0n) is 12.3. The van der Waals surface area contributed by atoms with E-state index in [9.17, 15) is 4.79 Å². The van der Waals surface area contributed by atoms with E-state index in [-0.39, 0.29) is 24.0 Å². The van der Waals surface area contributed by atoms with Crippen molar-refractivity contribution >= 4 is 5.91 Å². The van der Waals surface area contributed by atoms with E-state index in [1.54, 1.807) is 0 Å². The first-order chi connectivity index (χ1) is 9.56. The molecule has 1 saturated heterocycles. The van der Waals surface area contributed by atoms with E-state index in [4.69, 9.17) is 9.15 Å². The largest absolute Gasteiger partial charge is 0.435 e. The molecule has 2 aliphatic rings. The second-order valence-corrected chi connectivity index (χ2v) is 6.16. The van der Waals surface area contributed by atoms with Gasteiger partial charge in [-0.3, -0.25) is 4.79 Å². The molecule has 3 rings (SSSR count). The molecule has 2 atom stereocenters. The highest BCUT2D eigenvalue weighted by Gasteiger charge is 2.41. The third kappa shape index (κ3) is 2.59. The maximum Gasteiger partial charge on any atom is 0.289 e. The normalized spacial score (nSPS) is 26.2. The lowest BCUT2D eigenvalue weighted by atomic mass is 10.1. The molecule has 2 fully saturated rings. The Balaban J connectivity index is 1.69. The Hall–Kier alpha value is -1.36. The quantitative estimate of drug-likeness (QED) is 0.918. The maximum atomic E-state index is 12.3. The molecule has 0 unspecified atom stereocenters. The summed E-state index contributed by atoms with van der Waals surface area (Å²) in [4.78, 5) is 16.7. The molecular formula is C15H22N2O3. The first-order valence-corrected chi connectivity index (χ1v) is 7.46. The Morgan fingerprint density at radius 1 is 1.35 bits per heavy atom. The summed E-state index contributed by atoms with van der Waals surface area (Å²) in [5.41, 5.74) is 0.660. The summed E-state index contributed by atoms with van der Waals surface area (Å²) in [5.74, 6) is 1.61. The second-order valence-electron chi connectivity index (χ2n) is 6.16. The minimum atomic E-state index is -0.164. The molecule has 0 aromatic carbocycles. The molecule has 1 aromatic rings. The van der Waals surface area contributed by atoms with Crippen LogP contribution in [0, 0.1) is 12.8 Å². The first kappa shape index (κ1) is 13.6. The molecule has 20 heavy (non-hydrogen) atoms. The number of amides is 1. The van der Waals surface area contributed by atoms with Gasteiger partial charge in [-0.25, -0.2) is 4.98 Å². The lowest BCUT2D eigenvalue weighted by Gasteiger charge is -2.18. The van der Waals surface area contributed by atoms with Crippen molar-refractivity contribution in [2.24, 2.45) is 5.92 Å². The molecule has 0 spiro atoms. The van der Waals surface area contributed by atoms with Gasteiger partial charge in [0.15, 0.2) is 5.89 Å². The topological polar surface area (TPSA) is 64.4 Å². The molecule has 1 aliphatic carbocycles. The van der Waals surface area contributed by atoms with Crippen molar-refractivity contribution in [1.29, 1.82) is 0 Å². The SMILES string of the molecule is Cc1nc(C(C)C)oc1C(=O)N[C@@H]1CCO[C@H]1C1CC1. The van der Waals surface area contributed by atoms with Crippen LogP contribution in [0.3, 0.4) is 0 Å². The van der Waals surface area contributed by atoms with Crippen LogP contribution in [0.25, 0.3) is 0 Å². The summed E-state index contributed by atoms with van der Waals surface area (Å²) in [5, 5.41) is 3.06. The molecule has 0 bridgehead atoms. The van der Waals surface area contributed by atoms with E-state index in [1.807, 2.05) is 20.8 Å². The van der Waals surface area contributed by atoms with Gasteiger partial charge < -0.3 is 14.5 Å². The molecule has 5 nitrogen and oxygen atoms in total. The minimum Gasteiger partial charge on any atom is -0.435 e. The predicted octanol–water partition coefficient (Wildman–Crippen LogP) is 2.40. The number of nitrogens with zero attached hydrogens (tertiary/aromatic N) is 1. The molecular weight excluding hydrogens is 256 g/mol. The van der Waals surface area contributed by atoms with Gasteiger partial charge in [0.1, 0.15) is 0 Å². The van der Waals surface area contributed by atoms with Gasteiger partial charge in [0.25, 0.3) is 5.91 Å². The van der Waals surface area contributed by atoms with Crippen LogP contribution in [-0.2, 0) is 4.74 Å². The average molecular weight is 278 g/mol. The Morgan fingerprint density at radius 3 is 2.70 bits per heavy atom. The van der Waals surface area contributed by atoms with Crippen LogP contribution < -0.4 is 5.32 Å². The molecule has 1 N–H and O–H groups in total. The molecule has 0 radical (unpaired) electrons. The highest BCUT2D eigenvalue weighted by Crippen LogP contribution is 2.38. The number of hydrogen-bond acceptors (Lipinski definition) is 4. The highest BCUT2D eigenvalue weighted by atomic mass is 16.5. The Bertz CT molecular complexity index is 505. The zero-order valence-corrected chi connectivity index (χ0v) is 12.3. The standard InChI is InChI=1S/C15H22N2O3/c1-8(2)15-16-9(3)12(20-15)14(18)17-11-6-7-19-13(11)10-4-5-10/h8,10-11,13H,4-7H2,1-3H3,(H,17,18)/t11-,13+/m1/s1. The number of rotatable bonds is 4.